The average molecular weight is 382 g/mol. The minimum absolute atomic E-state index is 0.143. The molecule has 0 saturated carbocycles. The molecule has 0 aliphatic rings. The van der Waals surface area contributed by atoms with Crippen LogP contribution in [0.25, 0.3) is 11.0 Å². The van der Waals surface area contributed by atoms with Gasteiger partial charge in [-0.3, -0.25) is 4.79 Å². The summed E-state index contributed by atoms with van der Waals surface area (Å²) in [5.74, 6) is 0.592. The van der Waals surface area contributed by atoms with Crippen LogP contribution in [0.2, 0.25) is 0 Å². The highest BCUT2D eigenvalue weighted by atomic mass is 32.1. The SMILES string of the molecule is Cc1cccc(Nc2nc(CC(=O)Nc3cccc4nsnc34)cs2)n1. The van der Waals surface area contributed by atoms with E-state index < -0.39 is 0 Å². The quantitative estimate of drug-likeness (QED) is 0.546. The number of nitrogens with one attached hydrogen (secondary N) is 2. The molecule has 3 aromatic heterocycles. The van der Waals surface area contributed by atoms with Gasteiger partial charge in [0.2, 0.25) is 5.91 Å². The van der Waals surface area contributed by atoms with Crippen LogP contribution >= 0.6 is 23.1 Å². The highest BCUT2D eigenvalue weighted by Crippen LogP contribution is 2.23. The summed E-state index contributed by atoms with van der Waals surface area (Å²) >= 11 is 2.57. The van der Waals surface area contributed by atoms with Crippen molar-refractivity contribution in [1.82, 2.24) is 18.7 Å². The van der Waals surface area contributed by atoms with Gasteiger partial charge in [-0.05, 0) is 31.2 Å². The fourth-order valence-corrected chi connectivity index (χ4v) is 3.70. The molecule has 1 amide bonds. The fraction of sp³-hybridized carbons (Fsp3) is 0.118. The van der Waals surface area contributed by atoms with Gasteiger partial charge in [0.25, 0.3) is 0 Å². The predicted molar refractivity (Wildman–Crippen MR) is 104 cm³/mol. The first-order valence-corrected chi connectivity index (χ1v) is 9.44. The number of rotatable bonds is 5. The molecule has 3 heterocycles. The van der Waals surface area contributed by atoms with E-state index in [9.17, 15) is 4.79 Å². The zero-order valence-electron chi connectivity index (χ0n) is 13.8. The summed E-state index contributed by atoms with van der Waals surface area (Å²) < 4.78 is 8.40. The molecule has 0 atom stereocenters. The van der Waals surface area contributed by atoms with E-state index in [1.807, 2.05) is 48.7 Å². The molecule has 26 heavy (non-hydrogen) atoms. The van der Waals surface area contributed by atoms with E-state index in [2.05, 4.69) is 29.3 Å². The van der Waals surface area contributed by atoms with Gasteiger partial charge in [-0.2, -0.15) is 8.75 Å². The molecule has 0 unspecified atom stereocenters. The van der Waals surface area contributed by atoms with Crippen LogP contribution in [-0.4, -0.2) is 24.6 Å². The number of fused-ring (bicyclic) bond motifs is 1. The predicted octanol–water partition coefficient (Wildman–Crippen LogP) is 3.78. The third-order valence-electron chi connectivity index (χ3n) is 3.58. The number of aromatic nitrogens is 4. The lowest BCUT2D eigenvalue weighted by Crippen LogP contribution is -2.14. The summed E-state index contributed by atoms with van der Waals surface area (Å²) in [6, 6.07) is 11.3. The van der Waals surface area contributed by atoms with E-state index in [0.717, 1.165) is 28.8 Å². The van der Waals surface area contributed by atoms with Gasteiger partial charge in [-0.15, -0.1) is 11.3 Å². The van der Waals surface area contributed by atoms with Crippen LogP contribution in [0.15, 0.2) is 41.8 Å². The summed E-state index contributed by atoms with van der Waals surface area (Å²) in [5, 5.41) is 8.61. The number of thiazole rings is 1. The highest BCUT2D eigenvalue weighted by Gasteiger charge is 2.11. The minimum atomic E-state index is -0.143. The van der Waals surface area contributed by atoms with Crippen LogP contribution in [0.1, 0.15) is 11.4 Å². The third kappa shape index (κ3) is 3.68. The van der Waals surface area contributed by atoms with Crippen LogP contribution in [0.5, 0.6) is 0 Å². The Kier molecular flexibility index (Phi) is 4.55. The molecule has 2 N–H and O–H groups in total. The van der Waals surface area contributed by atoms with Crippen molar-refractivity contribution in [2.24, 2.45) is 0 Å². The van der Waals surface area contributed by atoms with Crippen molar-refractivity contribution >= 4 is 56.6 Å². The zero-order chi connectivity index (χ0) is 17.9. The summed E-state index contributed by atoms with van der Waals surface area (Å²) in [7, 11) is 0. The molecule has 0 aliphatic carbocycles. The molecular weight excluding hydrogens is 368 g/mol. The Morgan fingerprint density at radius 1 is 1.12 bits per heavy atom. The lowest BCUT2D eigenvalue weighted by Gasteiger charge is -2.04. The number of amides is 1. The van der Waals surface area contributed by atoms with Gasteiger partial charge in [0.05, 0.1) is 29.5 Å². The smallest absolute Gasteiger partial charge is 0.230 e. The number of carbonyl (C=O) groups excluding carboxylic acids is 1. The molecule has 0 spiro atoms. The molecule has 4 aromatic rings. The maximum absolute atomic E-state index is 12.3. The molecular formula is C17H14N6OS2. The highest BCUT2D eigenvalue weighted by molar-refractivity contribution is 7.13. The van der Waals surface area contributed by atoms with Crippen LogP contribution in [0.4, 0.5) is 16.6 Å². The second-order valence-electron chi connectivity index (χ2n) is 5.60. The van der Waals surface area contributed by atoms with Crippen molar-refractivity contribution in [2.45, 2.75) is 13.3 Å². The van der Waals surface area contributed by atoms with E-state index in [-0.39, 0.29) is 12.3 Å². The third-order valence-corrected chi connectivity index (χ3v) is 4.93. The molecule has 0 aliphatic heterocycles. The van der Waals surface area contributed by atoms with Crippen molar-refractivity contribution < 1.29 is 4.79 Å². The summed E-state index contributed by atoms with van der Waals surface area (Å²) in [6.07, 6.45) is 0.188. The standard InChI is InChI=1S/C17H14N6OS2/c1-10-4-2-7-14(18-10)21-17-19-11(9-25-17)8-15(24)20-12-5-3-6-13-16(12)23-26-22-13/h2-7,9H,8H2,1H3,(H,20,24)(H,18,19,21). The molecule has 7 nitrogen and oxygen atoms in total. The van der Waals surface area contributed by atoms with Crippen molar-refractivity contribution in [3.63, 3.8) is 0 Å². The maximum Gasteiger partial charge on any atom is 0.230 e. The number of hydrogen-bond acceptors (Lipinski definition) is 8. The average Bonchev–Trinajstić information content (AvgIpc) is 3.25. The van der Waals surface area contributed by atoms with Crippen LogP contribution in [-0.2, 0) is 11.2 Å². The maximum atomic E-state index is 12.3. The lowest BCUT2D eigenvalue weighted by molar-refractivity contribution is -0.115. The fourth-order valence-electron chi connectivity index (χ4n) is 2.43. The van der Waals surface area contributed by atoms with E-state index in [4.69, 9.17) is 0 Å². The molecule has 4 rings (SSSR count). The number of pyridine rings is 1. The monoisotopic (exact) mass is 382 g/mol. The van der Waals surface area contributed by atoms with Crippen molar-refractivity contribution in [1.29, 1.82) is 0 Å². The van der Waals surface area contributed by atoms with Crippen molar-refractivity contribution in [3.05, 3.63) is 53.2 Å². The van der Waals surface area contributed by atoms with Gasteiger partial charge >= 0.3 is 0 Å². The first-order valence-electron chi connectivity index (χ1n) is 7.83. The van der Waals surface area contributed by atoms with E-state index in [0.29, 0.717) is 22.0 Å². The van der Waals surface area contributed by atoms with Crippen LogP contribution in [0, 0.1) is 6.92 Å². The molecule has 0 radical (unpaired) electrons. The molecule has 1 aromatic carbocycles. The Bertz CT molecular complexity index is 1070. The zero-order valence-corrected chi connectivity index (χ0v) is 15.4. The Morgan fingerprint density at radius 2 is 2.00 bits per heavy atom. The number of nitrogens with zero attached hydrogens (tertiary/aromatic N) is 4. The number of benzene rings is 1. The molecule has 0 bridgehead atoms. The van der Waals surface area contributed by atoms with Crippen LogP contribution < -0.4 is 10.6 Å². The number of hydrogen-bond donors (Lipinski definition) is 2. The normalized spacial score (nSPS) is 10.8. The largest absolute Gasteiger partial charge is 0.324 e. The van der Waals surface area contributed by atoms with Gasteiger partial charge < -0.3 is 10.6 Å². The lowest BCUT2D eigenvalue weighted by atomic mass is 10.2. The molecule has 0 fully saturated rings. The topological polar surface area (TPSA) is 92.7 Å². The van der Waals surface area contributed by atoms with E-state index in [1.165, 1.54) is 11.3 Å². The van der Waals surface area contributed by atoms with Gasteiger partial charge in [-0.1, -0.05) is 12.1 Å². The second kappa shape index (κ2) is 7.14. The summed E-state index contributed by atoms with van der Waals surface area (Å²) in [5.41, 5.74) is 3.78. The Hall–Kier alpha value is -2.91. The number of aryl methyl sites for hydroxylation is 1. The number of anilines is 3. The second-order valence-corrected chi connectivity index (χ2v) is 6.98. The molecule has 9 heteroatoms. The van der Waals surface area contributed by atoms with E-state index in [1.54, 1.807) is 0 Å². The van der Waals surface area contributed by atoms with E-state index >= 15 is 0 Å². The summed E-state index contributed by atoms with van der Waals surface area (Å²) in [6.45, 7) is 1.93. The number of carbonyl (C=O) groups is 1. The van der Waals surface area contributed by atoms with Crippen molar-refractivity contribution in [3.8, 4) is 0 Å². The molecule has 130 valence electrons. The van der Waals surface area contributed by atoms with Crippen LogP contribution in [0.3, 0.4) is 0 Å². The molecule has 0 saturated heterocycles. The Morgan fingerprint density at radius 3 is 2.88 bits per heavy atom. The van der Waals surface area contributed by atoms with Gasteiger partial charge in [0.15, 0.2) is 5.13 Å². The van der Waals surface area contributed by atoms with Gasteiger partial charge in [-0.25, -0.2) is 9.97 Å². The summed E-state index contributed by atoms with van der Waals surface area (Å²) in [4.78, 5) is 21.2. The van der Waals surface area contributed by atoms with Gasteiger partial charge in [0, 0.05) is 11.1 Å². The Labute approximate surface area is 157 Å². The first kappa shape index (κ1) is 16.6. The van der Waals surface area contributed by atoms with Gasteiger partial charge in [0.1, 0.15) is 16.9 Å². The minimum Gasteiger partial charge on any atom is -0.324 e. The Balaban J connectivity index is 1.42. The van der Waals surface area contributed by atoms with Crippen molar-refractivity contribution in [2.75, 3.05) is 10.6 Å². The first-order chi connectivity index (χ1) is 12.7.